The summed E-state index contributed by atoms with van der Waals surface area (Å²) < 4.78 is 1.80. The Balaban J connectivity index is 1.50. The van der Waals surface area contributed by atoms with E-state index in [1.807, 2.05) is 18.2 Å². The minimum Gasteiger partial charge on any atom is -0.344 e. The normalized spacial score (nSPS) is 14.6. The summed E-state index contributed by atoms with van der Waals surface area (Å²) in [5.41, 5.74) is 2.48. The number of hydrogen-bond donors (Lipinski definition) is 1. The van der Waals surface area contributed by atoms with Gasteiger partial charge in [-0.05, 0) is 49.3 Å². The molecule has 134 valence electrons. The third kappa shape index (κ3) is 3.85. The van der Waals surface area contributed by atoms with Gasteiger partial charge in [0.05, 0.1) is 10.9 Å². The maximum atomic E-state index is 12.9. The van der Waals surface area contributed by atoms with Crippen LogP contribution in [0.5, 0.6) is 0 Å². The van der Waals surface area contributed by atoms with Gasteiger partial charge in [-0.3, -0.25) is 9.48 Å². The molecule has 1 unspecified atom stereocenters. The largest absolute Gasteiger partial charge is 0.344 e. The Morgan fingerprint density at radius 2 is 2.08 bits per heavy atom. The van der Waals surface area contributed by atoms with Crippen molar-refractivity contribution in [1.29, 1.82) is 0 Å². The van der Waals surface area contributed by atoms with Crippen LogP contribution < -0.4 is 5.32 Å². The van der Waals surface area contributed by atoms with Gasteiger partial charge in [-0.2, -0.15) is 5.10 Å². The molecule has 0 spiro atoms. The number of nitrogens with zero attached hydrogens (tertiary/aromatic N) is 3. The van der Waals surface area contributed by atoms with Crippen LogP contribution >= 0.6 is 11.3 Å². The second-order valence-electron chi connectivity index (χ2n) is 6.65. The zero-order valence-electron chi connectivity index (χ0n) is 14.6. The van der Waals surface area contributed by atoms with Crippen LogP contribution in [0.1, 0.15) is 51.0 Å². The Hall–Kier alpha value is -2.47. The average molecular weight is 366 g/mol. The van der Waals surface area contributed by atoms with Crippen LogP contribution in [0.4, 0.5) is 0 Å². The van der Waals surface area contributed by atoms with Gasteiger partial charge in [-0.25, -0.2) is 4.98 Å². The number of amides is 1. The van der Waals surface area contributed by atoms with E-state index in [1.165, 1.54) is 29.6 Å². The van der Waals surface area contributed by atoms with E-state index in [1.54, 1.807) is 22.3 Å². The number of fused-ring (bicyclic) bond motifs is 1. The third-order valence-corrected chi connectivity index (χ3v) is 6.08. The molecule has 2 aromatic heterocycles. The van der Waals surface area contributed by atoms with E-state index >= 15 is 0 Å². The molecule has 1 amide bonds. The van der Waals surface area contributed by atoms with Gasteiger partial charge in [0, 0.05) is 11.4 Å². The minimum absolute atomic E-state index is 0.0249. The van der Waals surface area contributed by atoms with Crippen molar-refractivity contribution >= 4 is 17.2 Å². The lowest BCUT2D eigenvalue weighted by molar-refractivity contribution is 0.0937. The fraction of sp³-hybridized carbons (Fsp3) is 0.350. The first-order valence-electron chi connectivity index (χ1n) is 9.09. The van der Waals surface area contributed by atoms with Gasteiger partial charge < -0.3 is 5.32 Å². The van der Waals surface area contributed by atoms with Crippen molar-refractivity contribution in [1.82, 2.24) is 20.1 Å². The first-order valence-corrected chi connectivity index (χ1v) is 9.91. The fourth-order valence-corrected chi connectivity index (χ4v) is 4.61. The lowest BCUT2D eigenvalue weighted by atomic mass is 9.99. The average Bonchev–Trinajstić information content (AvgIpc) is 3.35. The molecule has 0 aliphatic heterocycles. The number of carbonyl (C=O) groups excluding carboxylic acids is 1. The van der Waals surface area contributed by atoms with Crippen molar-refractivity contribution in [2.75, 3.05) is 0 Å². The molecule has 5 nitrogen and oxygen atoms in total. The highest BCUT2D eigenvalue weighted by Crippen LogP contribution is 2.30. The predicted molar refractivity (Wildman–Crippen MR) is 102 cm³/mol. The molecular formula is C20H22N4OS. The van der Waals surface area contributed by atoms with Crippen LogP contribution in [0, 0.1) is 0 Å². The van der Waals surface area contributed by atoms with Crippen LogP contribution in [-0.2, 0) is 19.4 Å². The molecule has 0 bridgehead atoms. The molecular weight excluding hydrogens is 344 g/mol. The summed E-state index contributed by atoms with van der Waals surface area (Å²) in [7, 11) is 0. The summed E-state index contributed by atoms with van der Waals surface area (Å²) >= 11 is 1.66. The number of nitrogens with one attached hydrogen (secondary N) is 1. The second-order valence-corrected chi connectivity index (χ2v) is 7.79. The number of benzene rings is 1. The topological polar surface area (TPSA) is 59.8 Å². The number of rotatable bonds is 6. The van der Waals surface area contributed by atoms with Crippen LogP contribution in [0.3, 0.4) is 0 Å². The van der Waals surface area contributed by atoms with Gasteiger partial charge in [-0.1, -0.05) is 30.3 Å². The van der Waals surface area contributed by atoms with Crippen LogP contribution in [0.25, 0.3) is 0 Å². The van der Waals surface area contributed by atoms with E-state index in [2.05, 4.69) is 33.6 Å². The summed E-state index contributed by atoms with van der Waals surface area (Å²) in [5, 5.41) is 7.39. The number of carbonyl (C=O) groups is 1. The number of hydrogen-bond acceptors (Lipinski definition) is 4. The van der Waals surface area contributed by atoms with Gasteiger partial charge in [-0.15, -0.1) is 11.3 Å². The third-order valence-electron chi connectivity index (χ3n) is 4.84. The number of thiophene rings is 1. The molecule has 0 saturated heterocycles. The molecule has 1 aliphatic carbocycles. The van der Waals surface area contributed by atoms with Crippen LogP contribution in [0.2, 0.25) is 0 Å². The molecule has 1 aromatic carbocycles. The Kier molecular flexibility index (Phi) is 5.11. The smallest absolute Gasteiger partial charge is 0.261 e. The van der Waals surface area contributed by atoms with Crippen LogP contribution in [-0.4, -0.2) is 20.7 Å². The quantitative estimate of drug-likeness (QED) is 0.722. The van der Waals surface area contributed by atoms with Gasteiger partial charge in [0.15, 0.2) is 0 Å². The fourth-order valence-electron chi connectivity index (χ4n) is 3.45. The molecule has 1 N–H and O–H groups in total. The monoisotopic (exact) mass is 366 g/mol. The highest BCUT2D eigenvalue weighted by molar-refractivity contribution is 7.14. The second kappa shape index (κ2) is 7.83. The predicted octanol–water partition coefficient (Wildman–Crippen LogP) is 3.78. The van der Waals surface area contributed by atoms with E-state index in [0.29, 0.717) is 6.54 Å². The lowest BCUT2D eigenvalue weighted by Gasteiger charge is -2.19. The summed E-state index contributed by atoms with van der Waals surface area (Å²) in [5.74, 6) is 0.0249. The summed E-state index contributed by atoms with van der Waals surface area (Å²) in [4.78, 5) is 19.1. The minimum atomic E-state index is -0.0490. The maximum absolute atomic E-state index is 12.9. The molecule has 2 heterocycles. The van der Waals surface area contributed by atoms with Gasteiger partial charge in [0.1, 0.15) is 12.7 Å². The van der Waals surface area contributed by atoms with E-state index in [-0.39, 0.29) is 11.9 Å². The van der Waals surface area contributed by atoms with E-state index < -0.39 is 0 Å². The number of aryl methyl sites for hydroxylation is 3. The zero-order chi connectivity index (χ0) is 17.8. The number of aromatic nitrogens is 3. The molecule has 3 aromatic rings. The van der Waals surface area contributed by atoms with Crippen molar-refractivity contribution in [2.45, 2.75) is 44.7 Å². The summed E-state index contributed by atoms with van der Waals surface area (Å²) in [6.45, 7) is 0.709. The molecule has 4 rings (SSSR count). The Morgan fingerprint density at radius 3 is 2.85 bits per heavy atom. The van der Waals surface area contributed by atoms with Crippen molar-refractivity contribution in [2.24, 2.45) is 0 Å². The molecule has 0 saturated carbocycles. The van der Waals surface area contributed by atoms with E-state index in [4.69, 9.17) is 0 Å². The highest BCUT2D eigenvalue weighted by atomic mass is 32.1. The van der Waals surface area contributed by atoms with Gasteiger partial charge >= 0.3 is 0 Å². The standard InChI is InChI=1S/C20H22N4OS/c25-20(19-12-16-8-4-5-9-18(16)26-19)23-17(15-6-2-1-3-7-15)10-11-24-14-21-13-22-24/h1-3,6-7,12-14,17H,4-5,8-11H2,(H,23,25). The summed E-state index contributed by atoms with van der Waals surface area (Å²) in [6.07, 6.45) is 8.69. The van der Waals surface area contributed by atoms with Gasteiger partial charge in [0.2, 0.25) is 0 Å². The van der Waals surface area contributed by atoms with Crippen molar-refractivity contribution in [3.8, 4) is 0 Å². The Bertz CT molecular complexity index is 834. The first kappa shape index (κ1) is 17.0. The molecule has 0 radical (unpaired) electrons. The molecule has 1 atom stereocenters. The Morgan fingerprint density at radius 1 is 1.23 bits per heavy atom. The highest BCUT2D eigenvalue weighted by Gasteiger charge is 2.20. The molecule has 26 heavy (non-hydrogen) atoms. The maximum Gasteiger partial charge on any atom is 0.261 e. The van der Waals surface area contributed by atoms with Crippen molar-refractivity contribution < 1.29 is 4.79 Å². The molecule has 1 aliphatic rings. The Labute approximate surface area is 157 Å². The lowest BCUT2D eigenvalue weighted by Crippen LogP contribution is -2.29. The first-order chi connectivity index (χ1) is 12.8. The van der Waals surface area contributed by atoms with Gasteiger partial charge in [0.25, 0.3) is 5.91 Å². The molecule has 6 heteroatoms. The SMILES string of the molecule is O=C(NC(CCn1cncn1)c1ccccc1)c1cc2c(s1)CCCC2. The van der Waals surface area contributed by atoms with E-state index in [9.17, 15) is 4.79 Å². The van der Waals surface area contributed by atoms with Crippen molar-refractivity contribution in [3.05, 3.63) is 69.9 Å². The van der Waals surface area contributed by atoms with E-state index in [0.717, 1.165) is 29.7 Å². The van der Waals surface area contributed by atoms with Crippen LogP contribution in [0.15, 0.2) is 49.1 Å². The summed E-state index contributed by atoms with van der Waals surface area (Å²) in [6, 6.07) is 12.2. The van der Waals surface area contributed by atoms with Crippen molar-refractivity contribution in [3.63, 3.8) is 0 Å². The molecule has 0 fully saturated rings. The zero-order valence-corrected chi connectivity index (χ0v) is 15.4.